The van der Waals surface area contributed by atoms with Gasteiger partial charge in [0.25, 0.3) is 0 Å². The van der Waals surface area contributed by atoms with Gasteiger partial charge in [-0.3, -0.25) is 4.79 Å². The lowest BCUT2D eigenvalue weighted by Gasteiger charge is -2.33. The number of rotatable bonds is 6. The number of aromatic carboxylic acids is 1. The Hall–Kier alpha value is -3.45. The van der Waals surface area contributed by atoms with E-state index in [0.717, 1.165) is 53.0 Å². The molecule has 0 atom stereocenters. The number of thiophene rings is 1. The molecule has 0 spiro atoms. The summed E-state index contributed by atoms with van der Waals surface area (Å²) in [4.78, 5) is 33.0. The van der Waals surface area contributed by atoms with E-state index in [-0.39, 0.29) is 23.4 Å². The second-order valence-corrected chi connectivity index (χ2v) is 11.1. The molecular weight excluding hydrogens is 470 g/mol. The summed E-state index contributed by atoms with van der Waals surface area (Å²) in [6.45, 7) is 6.14. The van der Waals surface area contributed by atoms with Crippen molar-refractivity contribution < 1.29 is 14.7 Å². The number of pyridine rings is 1. The first-order chi connectivity index (χ1) is 17.3. The molecule has 5 rings (SSSR count). The molecule has 186 valence electrons. The van der Waals surface area contributed by atoms with E-state index in [4.69, 9.17) is 0 Å². The van der Waals surface area contributed by atoms with Gasteiger partial charge >= 0.3 is 5.97 Å². The predicted octanol–water partition coefficient (Wildman–Crippen LogP) is 7.00. The van der Waals surface area contributed by atoms with Gasteiger partial charge in [-0.1, -0.05) is 37.3 Å². The number of fused-ring (bicyclic) bond motifs is 1. The van der Waals surface area contributed by atoms with Gasteiger partial charge in [-0.2, -0.15) is 0 Å². The molecule has 1 aromatic carbocycles. The second kappa shape index (κ2) is 9.90. The molecule has 0 aliphatic heterocycles. The van der Waals surface area contributed by atoms with E-state index in [0.29, 0.717) is 10.9 Å². The standard InChI is InChI=1S/C29H31N3O3S/c1-18(2)32(27(33)22-9-7-19(3)8-10-22)28-23(29(34)35)16-25(36-28)21-13-11-20(12-14-21)24-17-31-15-5-4-6-26(31)30-24/h4-6,11-19,22H,7-10H2,1-3H3,(H,34,35). The normalized spacial score (nSPS) is 18.0. The number of amides is 1. The Balaban J connectivity index is 1.46. The van der Waals surface area contributed by atoms with Crippen LogP contribution in [0.2, 0.25) is 0 Å². The lowest BCUT2D eigenvalue weighted by molar-refractivity contribution is -0.123. The van der Waals surface area contributed by atoms with Gasteiger partial charge in [0.15, 0.2) is 0 Å². The molecule has 1 amide bonds. The van der Waals surface area contributed by atoms with Crippen molar-refractivity contribution in [3.05, 3.63) is 66.5 Å². The molecular formula is C29H31N3O3S. The second-order valence-electron chi connectivity index (χ2n) is 10.1. The van der Waals surface area contributed by atoms with Crippen molar-refractivity contribution in [1.82, 2.24) is 9.38 Å². The fourth-order valence-corrected chi connectivity index (χ4v) is 6.32. The first-order valence-electron chi connectivity index (χ1n) is 12.6. The van der Waals surface area contributed by atoms with Crippen molar-refractivity contribution in [2.75, 3.05) is 4.90 Å². The van der Waals surface area contributed by atoms with Crippen LogP contribution >= 0.6 is 11.3 Å². The van der Waals surface area contributed by atoms with Crippen LogP contribution in [0.25, 0.3) is 27.3 Å². The number of hydrogen-bond donors (Lipinski definition) is 1. The first-order valence-corrected chi connectivity index (χ1v) is 13.4. The summed E-state index contributed by atoms with van der Waals surface area (Å²) >= 11 is 1.38. The number of imidazole rings is 1. The average Bonchev–Trinajstić information content (AvgIpc) is 3.49. The Bertz CT molecular complexity index is 1360. The minimum Gasteiger partial charge on any atom is -0.478 e. The summed E-state index contributed by atoms with van der Waals surface area (Å²) in [6.07, 6.45) is 7.79. The third kappa shape index (κ3) is 4.67. The van der Waals surface area contributed by atoms with Crippen LogP contribution < -0.4 is 4.90 Å². The topological polar surface area (TPSA) is 74.9 Å². The molecule has 6 nitrogen and oxygen atoms in total. The molecule has 1 fully saturated rings. The number of nitrogens with zero attached hydrogens (tertiary/aromatic N) is 3. The maximum absolute atomic E-state index is 13.6. The molecule has 3 heterocycles. The minimum atomic E-state index is -1.01. The minimum absolute atomic E-state index is 0.0412. The Morgan fingerprint density at radius 1 is 1.06 bits per heavy atom. The Labute approximate surface area is 215 Å². The number of carboxylic acids is 1. The molecule has 1 aliphatic rings. The average molecular weight is 502 g/mol. The number of anilines is 1. The van der Waals surface area contributed by atoms with Crippen molar-refractivity contribution in [2.45, 2.75) is 52.5 Å². The largest absolute Gasteiger partial charge is 0.478 e. The van der Waals surface area contributed by atoms with Gasteiger partial charge in [-0.05, 0) is 69.2 Å². The van der Waals surface area contributed by atoms with Crippen molar-refractivity contribution in [3.63, 3.8) is 0 Å². The predicted molar refractivity (Wildman–Crippen MR) is 145 cm³/mol. The SMILES string of the molecule is CC1CCC(C(=O)N(c2sc(-c3ccc(-c4cn5ccccc5n4)cc3)cc2C(=O)O)C(C)C)CC1. The smallest absolute Gasteiger partial charge is 0.338 e. The van der Waals surface area contributed by atoms with E-state index in [1.165, 1.54) is 11.3 Å². The van der Waals surface area contributed by atoms with Gasteiger partial charge in [-0.25, -0.2) is 9.78 Å². The monoisotopic (exact) mass is 501 g/mol. The van der Waals surface area contributed by atoms with E-state index < -0.39 is 5.97 Å². The van der Waals surface area contributed by atoms with Crippen molar-refractivity contribution in [3.8, 4) is 21.7 Å². The summed E-state index contributed by atoms with van der Waals surface area (Å²) in [5, 5.41) is 10.5. The van der Waals surface area contributed by atoms with Crippen LogP contribution in [0.3, 0.4) is 0 Å². The van der Waals surface area contributed by atoms with Crippen LogP contribution in [-0.2, 0) is 4.79 Å². The highest BCUT2D eigenvalue weighted by Gasteiger charge is 2.33. The zero-order valence-electron chi connectivity index (χ0n) is 20.8. The maximum atomic E-state index is 13.6. The molecule has 0 bridgehead atoms. The van der Waals surface area contributed by atoms with Crippen LogP contribution in [0.15, 0.2) is 60.9 Å². The third-order valence-electron chi connectivity index (χ3n) is 7.11. The van der Waals surface area contributed by atoms with Gasteiger partial charge < -0.3 is 14.4 Å². The quantitative estimate of drug-likeness (QED) is 0.309. The zero-order valence-corrected chi connectivity index (χ0v) is 21.7. The Kier molecular flexibility index (Phi) is 6.67. The van der Waals surface area contributed by atoms with E-state index in [1.54, 1.807) is 11.0 Å². The Morgan fingerprint density at radius 2 is 1.75 bits per heavy atom. The van der Waals surface area contributed by atoms with Crippen LogP contribution in [0.5, 0.6) is 0 Å². The van der Waals surface area contributed by atoms with Crippen molar-refractivity contribution in [1.29, 1.82) is 0 Å². The molecule has 0 saturated heterocycles. The van der Waals surface area contributed by atoms with Crippen LogP contribution in [0.1, 0.15) is 56.8 Å². The summed E-state index contributed by atoms with van der Waals surface area (Å²) in [5.41, 5.74) is 3.86. The summed E-state index contributed by atoms with van der Waals surface area (Å²) in [5.74, 6) is -0.354. The molecule has 1 aliphatic carbocycles. The number of hydrogen-bond acceptors (Lipinski definition) is 4. The van der Waals surface area contributed by atoms with Crippen molar-refractivity contribution in [2.24, 2.45) is 11.8 Å². The molecule has 1 saturated carbocycles. The summed E-state index contributed by atoms with van der Waals surface area (Å²) in [6, 6.07) is 15.5. The van der Waals surface area contributed by atoms with Gasteiger partial charge in [0.1, 0.15) is 10.6 Å². The highest BCUT2D eigenvalue weighted by Crippen LogP contribution is 2.41. The van der Waals surface area contributed by atoms with E-state index in [2.05, 4.69) is 11.9 Å². The van der Waals surface area contributed by atoms with E-state index >= 15 is 0 Å². The number of carbonyl (C=O) groups is 2. The highest BCUT2D eigenvalue weighted by atomic mass is 32.1. The fourth-order valence-electron chi connectivity index (χ4n) is 5.03. The van der Waals surface area contributed by atoms with Gasteiger partial charge in [0.2, 0.25) is 5.91 Å². The van der Waals surface area contributed by atoms with Crippen molar-refractivity contribution >= 4 is 33.9 Å². The van der Waals surface area contributed by atoms with Gasteiger partial charge in [0, 0.05) is 34.8 Å². The molecule has 3 aromatic heterocycles. The lowest BCUT2D eigenvalue weighted by Crippen LogP contribution is -2.42. The number of carboxylic acid groups (broad SMARTS) is 1. The Morgan fingerprint density at radius 3 is 2.39 bits per heavy atom. The van der Waals surface area contributed by atoms with E-state index in [1.807, 2.05) is 73.1 Å². The number of benzene rings is 1. The van der Waals surface area contributed by atoms with Crippen LogP contribution in [0.4, 0.5) is 5.00 Å². The summed E-state index contributed by atoms with van der Waals surface area (Å²) < 4.78 is 1.98. The van der Waals surface area contributed by atoms with Gasteiger partial charge in [0.05, 0.1) is 11.3 Å². The number of aromatic nitrogens is 2. The van der Waals surface area contributed by atoms with Crippen LogP contribution in [0, 0.1) is 11.8 Å². The maximum Gasteiger partial charge on any atom is 0.338 e. The van der Waals surface area contributed by atoms with Gasteiger partial charge in [-0.15, -0.1) is 11.3 Å². The molecule has 0 radical (unpaired) electrons. The number of carbonyl (C=O) groups excluding carboxylic acids is 1. The molecule has 7 heteroatoms. The molecule has 1 N–H and O–H groups in total. The summed E-state index contributed by atoms with van der Waals surface area (Å²) in [7, 11) is 0. The third-order valence-corrected chi connectivity index (χ3v) is 8.29. The molecule has 4 aromatic rings. The van der Waals surface area contributed by atoms with E-state index in [9.17, 15) is 14.7 Å². The molecule has 36 heavy (non-hydrogen) atoms. The highest BCUT2D eigenvalue weighted by molar-refractivity contribution is 7.20. The van der Waals surface area contributed by atoms with Crippen LogP contribution in [-0.4, -0.2) is 32.4 Å². The first kappa shape index (κ1) is 24.3. The fraction of sp³-hybridized carbons (Fsp3) is 0.345. The zero-order chi connectivity index (χ0) is 25.4. The lowest BCUT2D eigenvalue weighted by atomic mass is 9.82. The molecule has 0 unspecified atom stereocenters.